The van der Waals surface area contributed by atoms with Crippen LogP contribution in [0.5, 0.6) is 0 Å². The zero-order valence-corrected chi connectivity index (χ0v) is 10.2. The van der Waals surface area contributed by atoms with Crippen LogP contribution in [0.2, 0.25) is 5.02 Å². The smallest absolute Gasteiger partial charge is 0.312 e. The summed E-state index contributed by atoms with van der Waals surface area (Å²) < 4.78 is 12.8. The molecule has 1 rings (SSSR count). The van der Waals surface area contributed by atoms with E-state index in [1.165, 1.54) is 12.1 Å². The van der Waals surface area contributed by atoms with Crippen LogP contribution in [-0.2, 0) is 0 Å². The summed E-state index contributed by atoms with van der Waals surface area (Å²) in [5.74, 6) is -0.360. The topological polar surface area (TPSA) is 67.2 Å². The highest BCUT2D eigenvalue weighted by molar-refractivity contribution is 6.31. The molecule has 1 unspecified atom stereocenters. The second kappa shape index (κ2) is 6.42. The fourth-order valence-corrected chi connectivity index (χ4v) is 1.77. The van der Waals surface area contributed by atoms with Crippen LogP contribution in [0.4, 0.5) is 9.18 Å². The Labute approximate surface area is 104 Å². The summed E-state index contributed by atoms with van der Waals surface area (Å²) in [5, 5.41) is 5.98. The van der Waals surface area contributed by atoms with Crippen molar-refractivity contribution in [3.8, 4) is 0 Å². The molecule has 0 radical (unpaired) electrons. The van der Waals surface area contributed by atoms with Gasteiger partial charge in [0.2, 0.25) is 0 Å². The lowest BCUT2D eigenvalue weighted by atomic mass is 10.1. The molecule has 4 N–H and O–H groups in total. The molecule has 0 saturated carbocycles. The number of urea groups is 1. The number of nitrogens with two attached hydrogens (primary N) is 1. The monoisotopic (exact) mass is 259 g/mol. The maximum absolute atomic E-state index is 12.8. The van der Waals surface area contributed by atoms with Gasteiger partial charge in [0, 0.05) is 24.2 Å². The fourth-order valence-electron chi connectivity index (χ4n) is 1.44. The minimum Gasteiger partial charge on any atom is -0.352 e. The molecule has 0 spiro atoms. The van der Waals surface area contributed by atoms with Crippen LogP contribution in [0.1, 0.15) is 18.5 Å². The van der Waals surface area contributed by atoms with E-state index in [-0.39, 0.29) is 11.9 Å². The number of carbonyl (C=O) groups is 1. The zero-order valence-electron chi connectivity index (χ0n) is 9.47. The number of halogens is 2. The highest BCUT2D eigenvalue weighted by Crippen LogP contribution is 2.23. The highest BCUT2D eigenvalue weighted by atomic mass is 35.5. The molecule has 0 aliphatic carbocycles. The van der Waals surface area contributed by atoms with Crippen LogP contribution in [-0.4, -0.2) is 19.1 Å². The Kier molecular flexibility index (Phi) is 5.18. The molecule has 0 fully saturated rings. The Morgan fingerprint density at radius 2 is 2.24 bits per heavy atom. The lowest BCUT2D eigenvalue weighted by Gasteiger charge is -2.15. The summed E-state index contributed by atoms with van der Waals surface area (Å²) in [6.45, 7) is 2.89. The first-order chi connectivity index (χ1) is 8.00. The quantitative estimate of drug-likeness (QED) is 0.706. The molecular formula is C11H15ClFN3O. The van der Waals surface area contributed by atoms with Crippen molar-refractivity contribution in [3.63, 3.8) is 0 Å². The van der Waals surface area contributed by atoms with Gasteiger partial charge in [-0.1, -0.05) is 17.7 Å². The maximum atomic E-state index is 12.8. The van der Waals surface area contributed by atoms with Crippen molar-refractivity contribution < 1.29 is 9.18 Å². The average Bonchev–Trinajstić information content (AvgIpc) is 2.23. The Morgan fingerprint density at radius 3 is 2.82 bits per heavy atom. The van der Waals surface area contributed by atoms with Crippen LogP contribution in [0.3, 0.4) is 0 Å². The summed E-state index contributed by atoms with van der Waals surface area (Å²) in [4.78, 5) is 10.4. The first-order valence-electron chi connectivity index (χ1n) is 5.22. The third-order valence-electron chi connectivity index (χ3n) is 2.30. The zero-order chi connectivity index (χ0) is 12.8. The number of nitrogens with one attached hydrogen (secondary N) is 2. The van der Waals surface area contributed by atoms with Crippen molar-refractivity contribution >= 4 is 17.6 Å². The number of hydrogen-bond acceptors (Lipinski definition) is 2. The highest BCUT2D eigenvalue weighted by Gasteiger charge is 2.09. The van der Waals surface area contributed by atoms with E-state index >= 15 is 0 Å². The van der Waals surface area contributed by atoms with Gasteiger partial charge in [-0.25, -0.2) is 9.18 Å². The van der Waals surface area contributed by atoms with E-state index in [0.29, 0.717) is 18.1 Å². The molecular weight excluding hydrogens is 245 g/mol. The van der Waals surface area contributed by atoms with Crippen LogP contribution < -0.4 is 16.4 Å². The molecule has 94 valence electrons. The second-order valence-electron chi connectivity index (χ2n) is 3.63. The Hall–Kier alpha value is -1.33. The number of hydrogen-bond donors (Lipinski definition) is 3. The van der Waals surface area contributed by atoms with Crippen molar-refractivity contribution in [1.29, 1.82) is 0 Å². The minimum atomic E-state index is -0.556. The summed E-state index contributed by atoms with van der Waals surface area (Å²) in [5.41, 5.74) is 5.73. The molecule has 2 amide bonds. The number of primary amides is 1. The molecule has 0 aliphatic rings. The van der Waals surface area contributed by atoms with Gasteiger partial charge in [0.05, 0.1) is 0 Å². The van der Waals surface area contributed by atoms with E-state index in [1.807, 2.05) is 6.92 Å². The molecule has 0 aliphatic heterocycles. The van der Waals surface area contributed by atoms with Gasteiger partial charge >= 0.3 is 6.03 Å². The van der Waals surface area contributed by atoms with E-state index < -0.39 is 6.03 Å². The predicted octanol–water partition coefficient (Wildman–Crippen LogP) is 1.80. The fraction of sp³-hybridized carbons (Fsp3) is 0.364. The predicted molar refractivity (Wildman–Crippen MR) is 65.4 cm³/mol. The maximum Gasteiger partial charge on any atom is 0.312 e. The molecule has 17 heavy (non-hydrogen) atoms. The van der Waals surface area contributed by atoms with Gasteiger partial charge in [0.25, 0.3) is 0 Å². The SMILES string of the molecule is CC(NCCNC(N)=O)c1ccc(F)cc1Cl. The average molecular weight is 260 g/mol. The number of benzene rings is 1. The van der Waals surface area contributed by atoms with Gasteiger partial charge in [0.15, 0.2) is 0 Å². The lowest BCUT2D eigenvalue weighted by molar-refractivity contribution is 0.249. The van der Waals surface area contributed by atoms with Crippen LogP contribution in [0, 0.1) is 5.82 Å². The van der Waals surface area contributed by atoms with Gasteiger partial charge in [0.1, 0.15) is 5.82 Å². The molecule has 4 nitrogen and oxygen atoms in total. The molecule has 0 saturated heterocycles. The van der Waals surface area contributed by atoms with Crippen LogP contribution in [0.15, 0.2) is 18.2 Å². The Bertz CT molecular complexity index is 400. The second-order valence-corrected chi connectivity index (χ2v) is 4.04. The van der Waals surface area contributed by atoms with Gasteiger partial charge in [-0.3, -0.25) is 0 Å². The molecule has 1 aromatic carbocycles. The van der Waals surface area contributed by atoms with Gasteiger partial charge in [-0.15, -0.1) is 0 Å². The largest absolute Gasteiger partial charge is 0.352 e. The number of carbonyl (C=O) groups excluding carboxylic acids is 1. The normalized spacial score (nSPS) is 12.2. The molecule has 1 atom stereocenters. The van der Waals surface area contributed by atoms with E-state index in [9.17, 15) is 9.18 Å². The third kappa shape index (κ3) is 4.58. The Balaban J connectivity index is 2.46. The van der Waals surface area contributed by atoms with Crippen molar-refractivity contribution in [2.75, 3.05) is 13.1 Å². The summed E-state index contributed by atoms with van der Waals surface area (Å²) in [6.07, 6.45) is 0. The first kappa shape index (κ1) is 13.7. The minimum absolute atomic E-state index is 0.0298. The molecule has 0 heterocycles. The third-order valence-corrected chi connectivity index (χ3v) is 2.63. The number of amides is 2. The van der Waals surface area contributed by atoms with E-state index in [2.05, 4.69) is 10.6 Å². The first-order valence-corrected chi connectivity index (χ1v) is 5.60. The summed E-state index contributed by atoms with van der Waals surface area (Å²) in [7, 11) is 0. The van der Waals surface area contributed by atoms with Crippen molar-refractivity contribution in [3.05, 3.63) is 34.6 Å². The van der Waals surface area contributed by atoms with Gasteiger partial charge < -0.3 is 16.4 Å². The molecule has 0 aromatic heterocycles. The lowest BCUT2D eigenvalue weighted by Crippen LogP contribution is -2.36. The van der Waals surface area contributed by atoms with Crippen molar-refractivity contribution in [2.45, 2.75) is 13.0 Å². The van der Waals surface area contributed by atoms with Crippen molar-refractivity contribution in [2.24, 2.45) is 5.73 Å². The van der Waals surface area contributed by atoms with Crippen molar-refractivity contribution in [1.82, 2.24) is 10.6 Å². The Morgan fingerprint density at radius 1 is 1.53 bits per heavy atom. The molecule has 0 bridgehead atoms. The number of rotatable bonds is 5. The van der Waals surface area contributed by atoms with Crippen LogP contribution in [0.25, 0.3) is 0 Å². The van der Waals surface area contributed by atoms with Crippen LogP contribution >= 0.6 is 11.6 Å². The van der Waals surface area contributed by atoms with E-state index in [1.54, 1.807) is 6.07 Å². The standard InChI is InChI=1S/C11H15ClFN3O/c1-7(15-4-5-16-11(14)17)9-3-2-8(13)6-10(9)12/h2-3,6-7,15H,4-5H2,1H3,(H3,14,16,17). The summed E-state index contributed by atoms with van der Waals surface area (Å²) in [6, 6.07) is 3.69. The molecule has 1 aromatic rings. The van der Waals surface area contributed by atoms with E-state index in [0.717, 1.165) is 5.56 Å². The summed E-state index contributed by atoms with van der Waals surface area (Å²) >= 11 is 5.92. The van der Waals surface area contributed by atoms with Gasteiger partial charge in [-0.2, -0.15) is 0 Å². The van der Waals surface area contributed by atoms with E-state index in [4.69, 9.17) is 17.3 Å². The van der Waals surface area contributed by atoms with Gasteiger partial charge in [-0.05, 0) is 24.6 Å². The molecule has 6 heteroatoms.